The fourth-order valence-electron chi connectivity index (χ4n) is 2.52. The summed E-state index contributed by atoms with van der Waals surface area (Å²) in [4.78, 5) is 26.6. The second kappa shape index (κ2) is 6.15. The van der Waals surface area contributed by atoms with Crippen molar-refractivity contribution in [2.75, 3.05) is 13.1 Å². The molecule has 1 aliphatic heterocycles. The van der Waals surface area contributed by atoms with Crippen molar-refractivity contribution in [2.24, 2.45) is 0 Å². The molecule has 6 heteroatoms. The number of thiophene rings is 1. The Kier molecular flexibility index (Phi) is 4.68. The highest BCUT2D eigenvalue weighted by molar-refractivity contribution is 7.10. The Bertz CT molecular complexity index is 539. The van der Waals surface area contributed by atoms with Crippen LogP contribution in [0.25, 0.3) is 0 Å². The summed E-state index contributed by atoms with van der Waals surface area (Å²) in [7, 11) is 0. The van der Waals surface area contributed by atoms with Gasteiger partial charge in [-0.25, -0.2) is 0 Å². The molecule has 1 unspecified atom stereocenters. The standard InChI is InChI=1S/C15H22N2O3S/c1-4-15(2,3)16-12(18)9-17-7-5-11-10(6-8-21-11)13(17)14(19)20/h6,8,13H,4-5,7,9H2,1-3H3,(H,16,18)(H,19,20). The summed E-state index contributed by atoms with van der Waals surface area (Å²) in [5.41, 5.74) is 0.570. The molecule has 0 saturated carbocycles. The van der Waals surface area contributed by atoms with E-state index in [1.54, 1.807) is 16.2 Å². The van der Waals surface area contributed by atoms with E-state index < -0.39 is 12.0 Å². The lowest BCUT2D eigenvalue weighted by Gasteiger charge is -2.33. The molecule has 0 radical (unpaired) electrons. The van der Waals surface area contributed by atoms with E-state index in [0.29, 0.717) is 6.54 Å². The summed E-state index contributed by atoms with van der Waals surface area (Å²) < 4.78 is 0. The number of amides is 1. The Hall–Kier alpha value is -1.40. The maximum Gasteiger partial charge on any atom is 0.325 e. The number of nitrogens with one attached hydrogen (secondary N) is 1. The molecule has 0 saturated heterocycles. The van der Waals surface area contributed by atoms with Crippen LogP contribution < -0.4 is 5.32 Å². The van der Waals surface area contributed by atoms with E-state index in [9.17, 15) is 14.7 Å². The topological polar surface area (TPSA) is 69.6 Å². The minimum absolute atomic E-state index is 0.119. The van der Waals surface area contributed by atoms with Gasteiger partial charge in [0.05, 0.1) is 6.54 Å². The van der Waals surface area contributed by atoms with Gasteiger partial charge in [-0.1, -0.05) is 6.92 Å². The number of hydrogen-bond acceptors (Lipinski definition) is 4. The number of carboxylic acids is 1. The first-order chi connectivity index (χ1) is 9.84. The lowest BCUT2D eigenvalue weighted by Crippen LogP contribution is -2.50. The van der Waals surface area contributed by atoms with E-state index in [-0.39, 0.29) is 18.0 Å². The third-order valence-electron chi connectivity index (χ3n) is 4.01. The van der Waals surface area contributed by atoms with Gasteiger partial charge in [0.25, 0.3) is 0 Å². The normalized spacial score (nSPS) is 19.1. The highest BCUT2D eigenvalue weighted by Gasteiger charge is 2.35. The summed E-state index contributed by atoms with van der Waals surface area (Å²) in [5, 5.41) is 14.4. The van der Waals surface area contributed by atoms with Crippen LogP contribution >= 0.6 is 11.3 Å². The van der Waals surface area contributed by atoms with Crippen molar-refractivity contribution in [1.82, 2.24) is 10.2 Å². The molecule has 1 aliphatic rings. The van der Waals surface area contributed by atoms with Crippen LogP contribution in [0.4, 0.5) is 0 Å². The monoisotopic (exact) mass is 310 g/mol. The number of rotatable bonds is 5. The molecule has 0 aliphatic carbocycles. The predicted molar refractivity (Wildman–Crippen MR) is 82.5 cm³/mol. The van der Waals surface area contributed by atoms with Crippen LogP contribution in [0.15, 0.2) is 11.4 Å². The van der Waals surface area contributed by atoms with Gasteiger partial charge in [0.1, 0.15) is 6.04 Å². The van der Waals surface area contributed by atoms with Crippen LogP contribution in [0.5, 0.6) is 0 Å². The molecule has 2 N–H and O–H groups in total. The van der Waals surface area contributed by atoms with Crippen molar-refractivity contribution in [2.45, 2.75) is 45.2 Å². The first kappa shape index (κ1) is 16.0. The number of hydrogen-bond donors (Lipinski definition) is 2. The molecular formula is C15H22N2O3S. The highest BCUT2D eigenvalue weighted by Crippen LogP contribution is 2.33. The fraction of sp³-hybridized carbons (Fsp3) is 0.600. The average molecular weight is 310 g/mol. The number of carbonyl (C=O) groups is 2. The van der Waals surface area contributed by atoms with E-state index in [4.69, 9.17) is 0 Å². The zero-order valence-electron chi connectivity index (χ0n) is 12.7. The molecule has 2 heterocycles. The smallest absolute Gasteiger partial charge is 0.325 e. The molecule has 0 fully saturated rings. The zero-order valence-corrected chi connectivity index (χ0v) is 13.5. The third-order valence-corrected chi connectivity index (χ3v) is 5.00. The molecule has 0 aromatic carbocycles. The summed E-state index contributed by atoms with van der Waals surface area (Å²) in [6.45, 7) is 6.67. The van der Waals surface area contributed by atoms with Crippen LogP contribution in [0.1, 0.15) is 43.7 Å². The summed E-state index contributed by atoms with van der Waals surface area (Å²) >= 11 is 1.59. The van der Waals surface area contributed by atoms with Crippen LogP contribution in [-0.2, 0) is 16.0 Å². The van der Waals surface area contributed by atoms with Gasteiger partial charge < -0.3 is 10.4 Å². The van der Waals surface area contributed by atoms with Gasteiger partial charge in [-0.3, -0.25) is 14.5 Å². The average Bonchev–Trinajstić information content (AvgIpc) is 2.85. The molecule has 2 rings (SSSR count). The predicted octanol–water partition coefficient (Wildman–Crippen LogP) is 2.04. The van der Waals surface area contributed by atoms with E-state index in [2.05, 4.69) is 5.32 Å². The van der Waals surface area contributed by atoms with E-state index >= 15 is 0 Å². The van der Waals surface area contributed by atoms with Gasteiger partial charge >= 0.3 is 5.97 Å². The minimum Gasteiger partial charge on any atom is -0.480 e. The molecule has 116 valence electrons. The van der Waals surface area contributed by atoms with E-state index in [1.165, 1.54) is 0 Å². The van der Waals surface area contributed by atoms with Crippen LogP contribution in [0.3, 0.4) is 0 Å². The van der Waals surface area contributed by atoms with Gasteiger partial charge in [-0.15, -0.1) is 11.3 Å². The molecule has 0 bridgehead atoms. The zero-order chi connectivity index (χ0) is 15.6. The second-order valence-corrected chi connectivity index (χ2v) is 7.05. The Labute approximate surface area is 129 Å². The Morgan fingerprint density at radius 3 is 2.86 bits per heavy atom. The van der Waals surface area contributed by atoms with E-state index in [0.717, 1.165) is 23.3 Å². The number of fused-ring (bicyclic) bond motifs is 1. The fourth-order valence-corrected chi connectivity index (χ4v) is 3.42. The summed E-state index contributed by atoms with van der Waals surface area (Å²) in [6.07, 6.45) is 1.64. The third kappa shape index (κ3) is 3.63. The quantitative estimate of drug-likeness (QED) is 0.873. The minimum atomic E-state index is -0.892. The first-order valence-electron chi connectivity index (χ1n) is 7.18. The van der Waals surface area contributed by atoms with Crippen molar-refractivity contribution in [3.05, 3.63) is 21.9 Å². The van der Waals surface area contributed by atoms with Crippen LogP contribution in [0.2, 0.25) is 0 Å². The maximum atomic E-state index is 12.2. The van der Waals surface area contributed by atoms with Crippen molar-refractivity contribution in [3.8, 4) is 0 Å². The summed E-state index contributed by atoms with van der Waals surface area (Å²) in [5.74, 6) is -1.01. The Morgan fingerprint density at radius 1 is 1.52 bits per heavy atom. The van der Waals surface area contributed by atoms with Crippen molar-refractivity contribution >= 4 is 23.2 Å². The second-order valence-electron chi connectivity index (χ2n) is 6.05. The van der Waals surface area contributed by atoms with Gasteiger partial charge in [-0.2, -0.15) is 0 Å². The van der Waals surface area contributed by atoms with Crippen molar-refractivity contribution < 1.29 is 14.7 Å². The Balaban J connectivity index is 2.10. The molecule has 1 aromatic heterocycles. The van der Waals surface area contributed by atoms with Gasteiger partial charge in [0.2, 0.25) is 5.91 Å². The molecule has 1 aromatic rings. The molecular weight excluding hydrogens is 288 g/mol. The van der Waals surface area contributed by atoms with Gasteiger partial charge in [0.15, 0.2) is 0 Å². The number of carboxylic acid groups (broad SMARTS) is 1. The van der Waals surface area contributed by atoms with Crippen molar-refractivity contribution in [3.63, 3.8) is 0 Å². The lowest BCUT2D eigenvalue weighted by molar-refractivity contribution is -0.144. The summed E-state index contributed by atoms with van der Waals surface area (Å²) in [6, 6.07) is 1.15. The lowest BCUT2D eigenvalue weighted by atomic mass is 9.99. The number of nitrogens with zero attached hydrogens (tertiary/aromatic N) is 1. The van der Waals surface area contributed by atoms with Gasteiger partial charge in [-0.05, 0) is 43.7 Å². The molecule has 1 atom stereocenters. The first-order valence-corrected chi connectivity index (χ1v) is 8.06. The molecule has 0 spiro atoms. The molecule has 5 nitrogen and oxygen atoms in total. The van der Waals surface area contributed by atoms with Gasteiger partial charge in [0, 0.05) is 17.0 Å². The van der Waals surface area contributed by atoms with Crippen LogP contribution in [-0.4, -0.2) is 40.5 Å². The molecule has 1 amide bonds. The number of carbonyl (C=O) groups excluding carboxylic acids is 1. The largest absolute Gasteiger partial charge is 0.480 e. The van der Waals surface area contributed by atoms with E-state index in [1.807, 2.05) is 32.2 Å². The van der Waals surface area contributed by atoms with Crippen LogP contribution in [0, 0.1) is 0 Å². The Morgan fingerprint density at radius 2 is 2.24 bits per heavy atom. The highest BCUT2D eigenvalue weighted by atomic mass is 32.1. The number of aliphatic carboxylic acids is 1. The molecule has 21 heavy (non-hydrogen) atoms. The maximum absolute atomic E-state index is 12.2. The SMILES string of the molecule is CCC(C)(C)NC(=O)CN1CCc2sccc2C1C(=O)O. The van der Waals surface area contributed by atoms with Crippen molar-refractivity contribution in [1.29, 1.82) is 0 Å².